The molecule has 0 bridgehead atoms. The number of aromatic nitrogens is 1. The molecule has 1 N–H and O–H groups in total. The molecule has 1 aromatic carbocycles. The van der Waals surface area contributed by atoms with Crippen LogP contribution in [0, 0.1) is 11.7 Å². The molecule has 0 amide bonds. The second kappa shape index (κ2) is 5.93. The number of aliphatic hydroxyl groups is 1. The Morgan fingerprint density at radius 2 is 1.84 bits per heavy atom. The van der Waals surface area contributed by atoms with E-state index in [1.807, 2.05) is 24.3 Å². The predicted octanol–water partition coefficient (Wildman–Crippen LogP) is 3.50. The average Bonchev–Trinajstić information content (AvgIpc) is 2.39. The first-order valence-electron chi connectivity index (χ1n) is 6.44. The van der Waals surface area contributed by atoms with Gasteiger partial charge in [0.15, 0.2) is 0 Å². The summed E-state index contributed by atoms with van der Waals surface area (Å²) in [4.78, 5) is 3.68. The molecule has 2 aromatic rings. The van der Waals surface area contributed by atoms with Crippen molar-refractivity contribution in [1.82, 2.24) is 4.98 Å². The number of hydrogen-bond acceptors (Lipinski definition) is 2. The van der Waals surface area contributed by atoms with Gasteiger partial charge >= 0.3 is 0 Å². The van der Waals surface area contributed by atoms with Crippen molar-refractivity contribution in [2.45, 2.75) is 26.4 Å². The molecule has 1 aromatic heterocycles. The molecule has 2 nitrogen and oxygen atoms in total. The SMILES string of the molecule is CC(C)Cc1ccc(C(O)c2ccncc2F)cc1. The molecule has 19 heavy (non-hydrogen) atoms. The Balaban J connectivity index is 2.20. The van der Waals surface area contributed by atoms with Gasteiger partial charge in [0.25, 0.3) is 0 Å². The van der Waals surface area contributed by atoms with Gasteiger partial charge in [-0.15, -0.1) is 0 Å². The fourth-order valence-electron chi connectivity index (χ4n) is 2.09. The number of halogens is 1. The van der Waals surface area contributed by atoms with E-state index in [1.165, 1.54) is 17.8 Å². The summed E-state index contributed by atoms with van der Waals surface area (Å²) in [5, 5.41) is 10.2. The van der Waals surface area contributed by atoms with Crippen LogP contribution < -0.4 is 0 Å². The first kappa shape index (κ1) is 13.7. The highest BCUT2D eigenvalue weighted by molar-refractivity contribution is 5.31. The zero-order valence-electron chi connectivity index (χ0n) is 11.2. The van der Waals surface area contributed by atoms with E-state index in [2.05, 4.69) is 18.8 Å². The lowest BCUT2D eigenvalue weighted by Crippen LogP contribution is -2.03. The van der Waals surface area contributed by atoms with Gasteiger partial charge in [0.1, 0.15) is 11.9 Å². The Morgan fingerprint density at radius 1 is 1.16 bits per heavy atom. The summed E-state index contributed by atoms with van der Waals surface area (Å²) in [6.45, 7) is 4.32. The van der Waals surface area contributed by atoms with Gasteiger partial charge in [-0.25, -0.2) is 4.39 Å². The molecular weight excluding hydrogens is 241 g/mol. The maximum atomic E-state index is 13.6. The highest BCUT2D eigenvalue weighted by atomic mass is 19.1. The maximum absolute atomic E-state index is 13.6. The lowest BCUT2D eigenvalue weighted by molar-refractivity contribution is 0.214. The molecular formula is C16H18FNO. The fraction of sp³-hybridized carbons (Fsp3) is 0.312. The van der Waals surface area contributed by atoms with Crippen molar-refractivity contribution in [1.29, 1.82) is 0 Å². The molecule has 1 unspecified atom stereocenters. The predicted molar refractivity (Wildman–Crippen MR) is 73.2 cm³/mol. The van der Waals surface area contributed by atoms with Gasteiger partial charge in [-0.05, 0) is 29.5 Å². The number of rotatable bonds is 4. The first-order chi connectivity index (χ1) is 9.08. The van der Waals surface area contributed by atoms with Crippen LogP contribution in [0.3, 0.4) is 0 Å². The Kier molecular flexibility index (Phi) is 4.27. The highest BCUT2D eigenvalue weighted by Gasteiger charge is 2.14. The third kappa shape index (κ3) is 3.38. The topological polar surface area (TPSA) is 33.1 Å². The smallest absolute Gasteiger partial charge is 0.147 e. The van der Waals surface area contributed by atoms with Crippen molar-refractivity contribution in [3.63, 3.8) is 0 Å². The van der Waals surface area contributed by atoms with Gasteiger partial charge in [-0.3, -0.25) is 4.98 Å². The van der Waals surface area contributed by atoms with Gasteiger partial charge in [0.05, 0.1) is 6.20 Å². The lowest BCUT2D eigenvalue weighted by atomic mass is 9.98. The molecule has 3 heteroatoms. The zero-order chi connectivity index (χ0) is 13.8. The van der Waals surface area contributed by atoms with Crippen LogP contribution in [0.5, 0.6) is 0 Å². The second-order valence-corrected chi connectivity index (χ2v) is 5.14. The van der Waals surface area contributed by atoms with Crippen LogP contribution in [0.2, 0.25) is 0 Å². The summed E-state index contributed by atoms with van der Waals surface area (Å²) in [6.07, 6.45) is 2.65. The van der Waals surface area contributed by atoms with Gasteiger partial charge in [0.2, 0.25) is 0 Å². The van der Waals surface area contributed by atoms with Crippen molar-refractivity contribution < 1.29 is 9.50 Å². The second-order valence-electron chi connectivity index (χ2n) is 5.14. The van der Waals surface area contributed by atoms with E-state index in [0.717, 1.165) is 12.6 Å². The Hall–Kier alpha value is -1.74. The summed E-state index contributed by atoms with van der Waals surface area (Å²) in [5.41, 5.74) is 2.17. The standard InChI is InChI=1S/C16H18FNO/c1-11(2)9-12-3-5-13(6-4-12)16(19)14-7-8-18-10-15(14)17/h3-8,10-11,16,19H,9H2,1-2H3. The van der Waals surface area contributed by atoms with E-state index in [4.69, 9.17) is 0 Å². The summed E-state index contributed by atoms with van der Waals surface area (Å²) in [7, 11) is 0. The van der Waals surface area contributed by atoms with Crippen LogP contribution in [0.15, 0.2) is 42.7 Å². The van der Waals surface area contributed by atoms with E-state index in [9.17, 15) is 9.50 Å². The average molecular weight is 259 g/mol. The van der Waals surface area contributed by atoms with Crippen LogP contribution in [-0.4, -0.2) is 10.1 Å². The monoisotopic (exact) mass is 259 g/mol. The Morgan fingerprint density at radius 3 is 2.42 bits per heavy atom. The summed E-state index contributed by atoms with van der Waals surface area (Å²) >= 11 is 0. The van der Waals surface area contributed by atoms with Gasteiger partial charge in [0, 0.05) is 11.8 Å². The minimum absolute atomic E-state index is 0.256. The van der Waals surface area contributed by atoms with Crippen LogP contribution in [0.4, 0.5) is 4.39 Å². The van der Waals surface area contributed by atoms with E-state index < -0.39 is 11.9 Å². The zero-order valence-corrected chi connectivity index (χ0v) is 11.2. The maximum Gasteiger partial charge on any atom is 0.147 e. The molecule has 0 aliphatic heterocycles. The van der Waals surface area contributed by atoms with E-state index in [1.54, 1.807) is 0 Å². The number of pyridine rings is 1. The molecule has 100 valence electrons. The fourth-order valence-corrected chi connectivity index (χ4v) is 2.09. The van der Waals surface area contributed by atoms with Crippen molar-refractivity contribution >= 4 is 0 Å². The van der Waals surface area contributed by atoms with Crippen molar-refractivity contribution in [3.05, 3.63) is 65.2 Å². The van der Waals surface area contributed by atoms with Crippen molar-refractivity contribution in [2.75, 3.05) is 0 Å². The lowest BCUT2D eigenvalue weighted by Gasteiger charge is -2.13. The minimum atomic E-state index is -0.948. The molecule has 0 spiro atoms. The quantitative estimate of drug-likeness (QED) is 0.911. The summed E-state index contributed by atoms with van der Waals surface area (Å²) < 4.78 is 13.6. The van der Waals surface area contributed by atoms with E-state index >= 15 is 0 Å². The van der Waals surface area contributed by atoms with E-state index in [-0.39, 0.29) is 5.56 Å². The minimum Gasteiger partial charge on any atom is -0.384 e. The molecule has 0 fully saturated rings. The molecule has 2 rings (SSSR count). The van der Waals surface area contributed by atoms with Crippen molar-refractivity contribution in [2.24, 2.45) is 5.92 Å². The number of aliphatic hydroxyl groups excluding tert-OH is 1. The number of nitrogens with zero attached hydrogens (tertiary/aromatic N) is 1. The van der Waals surface area contributed by atoms with Crippen LogP contribution in [0.1, 0.15) is 36.6 Å². The first-order valence-corrected chi connectivity index (χ1v) is 6.44. The molecule has 1 heterocycles. The van der Waals surface area contributed by atoms with Gasteiger partial charge in [-0.1, -0.05) is 38.1 Å². The molecule has 0 radical (unpaired) electrons. The van der Waals surface area contributed by atoms with Crippen LogP contribution in [-0.2, 0) is 6.42 Å². The van der Waals surface area contributed by atoms with Gasteiger partial charge in [-0.2, -0.15) is 0 Å². The normalized spacial score (nSPS) is 12.7. The number of benzene rings is 1. The van der Waals surface area contributed by atoms with Gasteiger partial charge < -0.3 is 5.11 Å². The molecule has 0 saturated carbocycles. The third-order valence-electron chi connectivity index (χ3n) is 3.04. The highest BCUT2D eigenvalue weighted by Crippen LogP contribution is 2.24. The number of hydrogen-bond donors (Lipinski definition) is 1. The molecule has 1 atom stereocenters. The summed E-state index contributed by atoms with van der Waals surface area (Å²) in [6, 6.07) is 9.17. The van der Waals surface area contributed by atoms with E-state index in [0.29, 0.717) is 11.5 Å². The van der Waals surface area contributed by atoms with Crippen LogP contribution >= 0.6 is 0 Å². The Labute approximate surface area is 112 Å². The molecule has 0 saturated heterocycles. The summed E-state index contributed by atoms with van der Waals surface area (Å²) in [5.74, 6) is 0.106. The Bertz CT molecular complexity index is 537. The molecule has 0 aliphatic rings. The third-order valence-corrected chi connectivity index (χ3v) is 3.04. The van der Waals surface area contributed by atoms with Crippen LogP contribution in [0.25, 0.3) is 0 Å². The largest absolute Gasteiger partial charge is 0.384 e. The van der Waals surface area contributed by atoms with Crippen molar-refractivity contribution in [3.8, 4) is 0 Å². The molecule has 0 aliphatic carbocycles.